The van der Waals surface area contributed by atoms with Crippen molar-refractivity contribution < 1.29 is 9.59 Å². The van der Waals surface area contributed by atoms with Gasteiger partial charge < -0.3 is 5.32 Å². The number of hydrogen-bond acceptors (Lipinski definition) is 7. The van der Waals surface area contributed by atoms with Crippen LogP contribution in [-0.4, -0.2) is 42.3 Å². The second-order valence-corrected chi connectivity index (χ2v) is 9.43. The predicted molar refractivity (Wildman–Crippen MR) is 116 cm³/mol. The van der Waals surface area contributed by atoms with Crippen molar-refractivity contribution in [3.8, 4) is 0 Å². The van der Waals surface area contributed by atoms with Gasteiger partial charge in [0.1, 0.15) is 16.2 Å². The third-order valence-corrected chi connectivity index (χ3v) is 4.87. The predicted octanol–water partition coefficient (Wildman–Crippen LogP) is 1.17. The maximum Gasteiger partial charge on any atom is 0.332 e. The smallest absolute Gasteiger partial charge is 0.332 e. The number of urea groups is 1. The Labute approximate surface area is 178 Å². The molecule has 11 heteroatoms. The molecule has 0 radical (unpaired) electrons. The molecule has 164 valence electrons. The van der Waals surface area contributed by atoms with Crippen molar-refractivity contribution in [3.05, 3.63) is 26.7 Å². The van der Waals surface area contributed by atoms with E-state index in [0.717, 1.165) is 16.3 Å². The first-order valence-corrected chi connectivity index (χ1v) is 10.5. The molecule has 0 spiro atoms. The van der Waals surface area contributed by atoms with Crippen LogP contribution in [0.2, 0.25) is 0 Å². The van der Waals surface area contributed by atoms with Gasteiger partial charge in [-0.15, -0.1) is 0 Å². The summed E-state index contributed by atoms with van der Waals surface area (Å²) in [7, 11) is 1.40. The van der Waals surface area contributed by atoms with Crippen molar-refractivity contribution >= 4 is 34.7 Å². The minimum absolute atomic E-state index is 0.129. The molecule has 0 aliphatic rings. The molecule has 2 aromatic heterocycles. The number of fused-ring (bicyclic) bond motifs is 1. The number of rotatable bonds is 5. The zero-order chi connectivity index (χ0) is 22.8. The van der Waals surface area contributed by atoms with Gasteiger partial charge in [-0.2, -0.15) is 0 Å². The lowest BCUT2D eigenvalue weighted by atomic mass is 10.1. The van der Waals surface area contributed by atoms with Gasteiger partial charge in [0.15, 0.2) is 5.65 Å². The average Bonchev–Trinajstić information content (AvgIpc) is 2.59. The molecule has 2 heterocycles. The zero-order valence-corrected chi connectivity index (χ0v) is 19.1. The summed E-state index contributed by atoms with van der Waals surface area (Å²) < 4.78 is 2.47. The first kappa shape index (κ1) is 23.6. The number of nitrogens with one attached hydrogen (secondary N) is 2. The van der Waals surface area contributed by atoms with Crippen LogP contribution in [0.4, 0.5) is 4.79 Å². The molecule has 3 amide bonds. The normalized spacial score (nSPS) is 11.7. The lowest BCUT2D eigenvalue weighted by Gasteiger charge is -2.20. The Hall–Kier alpha value is -2.69. The highest BCUT2D eigenvalue weighted by molar-refractivity contribution is 8.00. The maximum atomic E-state index is 12.8. The van der Waals surface area contributed by atoms with E-state index in [9.17, 15) is 19.2 Å². The standard InChI is InChI=1S/C19H28N6O4S/c1-10(2)8-25-14-13(16(27)24(7)18(25)29)15(21-11(3)20-14)30-9-12(26)22-17(28)23-19(4,5)6/h10H,8-9H2,1-7H3,(H2,22,23,26,28). The van der Waals surface area contributed by atoms with Crippen LogP contribution in [0.5, 0.6) is 0 Å². The van der Waals surface area contributed by atoms with Gasteiger partial charge in [0, 0.05) is 19.1 Å². The van der Waals surface area contributed by atoms with Crippen molar-refractivity contribution in [1.82, 2.24) is 29.7 Å². The van der Waals surface area contributed by atoms with Crippen molar-refractivity contribution in [2.24, 2.45) is 13.0 Å². The van der Waals surface area contributed by atoms with Crippen LogP contribution in [0, 0.1) is 12.8 Å². The highest BCUT2D eigenvalue weighted by Crippen LogP contribution is 2.22. The number of carbonyl (C=O) groups excluding carboxylic acids is 2. The van der Waals surface area contributed by atoms with E-state index in [1.165, 1.54) is 11.6 Å². The number of amides is 3. The van der Waals surface area contributed by atoms with Crippen LogP contribution in [0.25, 0.3) is 11.0 Å². The summed E-state index contributed by atoms with van der Waals surface area (Å²) in [6.45, 7) is 11.4. The molecule has 0 aliphatic carbocycles. The highest BCUT2D eigenvalue weighted by atomic mass is 32.2. The molecule has 2 rings (SSSR count). The molecule has 2 aromatic rings. The van der Waals surface area contributed by atoms with E-state index >= 15 is 0 Å². The number of aryl methyl sites for hydroxylation is 1. The van der Waals surface area contributed by atoms with Gasteiger partial charge in [-0.25, -0.2) is 19.6 Å². The fraction of sp³-hybridized carbons (Fsp3) is 0.579. The Morgan fingerprint density at radius 1 is 1.17 bits per heavy atom. The van der Waals surface area contributed by atoms with Crippen molar-refractivity contribution in [1.29, 1.82) is 0 Å². The number of hydrogen-bond donors (Lipinski definition) is 2. The Morgan fingerprint density at radius 3 is 2.37 bits per heavy atom. The van der Waals surface area contributed by atoms with Crippen LogP contribution in [0.15, 0.2) is 14.6 Å². The molecule has 0 fully saturated rings. The lowest BCUT2D eigenvalue weighted by molar-refractivity contribution is -0.117. The van der Waals surface area contributed by atoms with E-state index in [1.807, 2.05) is 13.8 Å². The molecule has 0 aromatic carbocycles. The van der Waals surface area contributed by atoms with E-state index in [1.54, 1.807) is 27.7 Å². The number of thioether (sulfide) groups is 1. The van der Waals surface area contributed by atoms with E-state index in [4.69, 9.17) is 0 Å². The topological polar surface area (TPSA) is 128 Å². The molecule has 0 aliphatic heterocycles. The van der Waals surface area contributed by atoms with Gasteiger partial charge in [0.25, 0.3) is 5.56 Å². The van der Waals surface area contributed by atoms with Gasteiger partial charge >= 0.3 is 11.7 Å². The van der Waals surface area contributed by atoms with Crippen molar-refractivity contribution in [2.45, 2.75) is 58.7 Å². The third kappa shape index (κ3) is 5.68. The summed E-state index contributed by atoms with van der Waals surface area (Å²) in [6, 6.07) is -0.599. The van der Waals surface area contributed by atoms with E-state index in [-0.39, 0.29) is 22.7 Å². The highest BCUT2D eigenvalue weighted by Gasteiger charge is 2.20. The molecule has 30 heavy (non-hydrogen) atoms. The zero-order valence-electron chi connectivity index (χ0n) is 18.3. The van der Waals surface area contributed by atoms with Crippen LogP contribution in [0.3, 0.4) is 0 Å². The van der Waals surface area contributed by atoms with E-state index in [2.05, 4.69) is 20.6 Å². The van der Waals surface area contributed by atoms with Crippen LogP contribution in [0.1, 0.15) is 40.4 Å². The molecule has 0 saturated heterocycles. The Morgan fingerprint density at radius 2 is 1.80 bits per heavy atom. The van der Waals surface area contributed by atoms with Crippen molar-refractivity contribution in [2.75, 3.05) is 5.75 Å². The van der Waals surface area contributed by atoms with Crippen LogP contribution < -0.4 is 21.9 Å². The second kappa shape index (κ2) is 8.99. The number of aromatic nitrogens is 4. The van der Waals surface area contributed by atoms with Gasteiger partial charge in [0.05, 0.1) is 5.75 Å². The minimum atomic E-state index is -0.599. The molecular weight excluding hydrogens is 408 g/mol. The maximum absolute atomic E-state index is 12.8. The Bertz CT molecular complexity index is 1100. The Kier molecular flexibility index (Phi) is 7.06. The van der Waals surface area contributed by atoms with E-state index in [0.29, 0.717) is 17.4 Å². The first-order chi connectivity index (χ1) is 13.8. The van der Waals surface area contributed by atoms with Gasteiger partial charge in [-0.1, -0.05) is 25.6 Å². The van der Waals surface area contributed by atoms with Crippen LogP contribution in [-0.2, 0) is 18.4 Å². The summed E-state index contributed by atoms with van der Waals surface area (Å²) in [6.07, 6.45) is 0. The van der Waals surface area contributed by atoms with Gasteiger partial charge in [-0.05, 0) is 33.6 Å². The van der Waals surface area contributed by atoms with Crippen LogP contribution >= 0.6 is 11.8 Å². The molecular formula is C19H28N6O4S. The first-order valence-electron chi connectivity index (χ1n) is 9.53. The molecule has 0 atom stereocenters. The summed E-state index contributed by atoms with van der Waals surface area (Å²) in [5.41, 5.74) is -1.21. The van der Waals surface area contributed by atoms with Gasteiger partial charge in [0.2, 0.25) is 5.91 Å². The van der Waals surface area contributed by atoms with Gasteiger partial charge in [-0.3, -0.25) is 24.0 Å². The summed E-state index contributed by atoms with van der Waals surface area (Å²) in [4.78, 5) is 58.1. The quantitative estimate of drug-likeness (QED) is 0.532. The number of nitrogens with zero attached hydrogens (tertiary/aromatic N) is 4. The fourth-order valence-electron chi connectivity index (χ4n) is 2.74. The summed E-state index contributed by atoms with van der Waals surface area (Å²) in [5, 5.41) is 5.36. The lowest BCUT2D eigenvalue weighted by Crippen LogP contribution is -2.48. The summed E-state index contributed by atoms with van der Waals surface area (Å²) >= 11 is 1.02. The summed E-state index contributed by atoms with van der Waals surface area (Å²) in [5.74, 6) is -0.128. The number of carbonyl (C=O) groups is 2. The Balaban J connectivity index is 2.40. The largest absolute Gasteiger partial charge is 0.333 e. The minimum Gasteiger partial charge on any atom is -0.333 e. The monoisotopic (exact) mass is 436 g/mol. The van der Waals surface area contributed by atoms with E-state index < -0.39 is 28.7 Å². The number of imide groups is 1. The fourth-order valence-corrected chi connectivity index (χ4v) is 3.60. The third-order valence-electron chi connectivity index (χ3n) is 3.89. The van der Waals surface area contributed by atoms with Crippen molar-refractivity contribution in [3.63, 3.8) is 0 Å². The molecule has 0 unspecified atom stereocenters. The molecule has 10 nitrogen and oxygen atoms in total. The molecule has 2 N–H and O–H groups in total. The molecule has 0 bridgehead atoms. The molecule has 0 saturated carbocycles. The average molecular weight is 437 g/mol. The SMILES string of the molecule is Cc1nc(SCC(=O)NC(=O)NC(C)(C)C)c2c(=O)n(C)c(=O)n(CC(C)C)c2n1. The second-order valence-electron chi connectivity index (χ2n) is 8.47.